The average Bonchev–Trinajstić information content (AvgIpc) is 2.70. The van der Waals surface area contributed by atoms with Gasteiger partial charge in [0.1, 0.15) is 17.9 Å². The maximum absolute atomic E-state index is 10.8. The zero-order valence-electron chi connectivity index (χ0n) is 15.2. The average molecular weight is 385 g/mol. The Kier molecular flexibility index (Phi) is 6.08. The van der Waals surface area contributed by atoms with Crippen LogP contribution < -0.4 is 10.7 Å². The molecular weight excluding hydrogens is 362 g/mol. The first-order valence-electron chi connectivity index (χ1n) is 8.75. The van der Waals surface area contributed by atoms with Crippen LogP contribution in [0.2, 0.25) is 0 Å². The second-order valence-corrected chi connectivity index (χ2v) is 7.00. The van der Waals surface area contributed by atoms with E-state index in [1.165, 1.54) is 6.08 Å². The summed E-state index contributed by atoms with van der Waals surface area (Å²) in [5.41, 5.74) is 0.0775. The smallest absolute Gasteiger partial charge is 0.146 e. The summed E-state index contributed by atoms with van der Waals surface area (Å²) in [6.07, 6.45) is 13.5. The summed E-state index contributed by atoms with van der Waals surface area (Å²) in [5, 5.41) is 3.71. The number of carbonyl (C=O) groups excluding carboxylic acids is 1. The summed E-state index contributed by atoms with van der Waals surface area (Å²) in [6.45, 7) is 4.76. The number of carbonyl (C=O) groups is 1. The zero-order chi connectivity index (χ0) is 19.3. The molecule has 0 bridgehead atoms. The van der Waals surface area contributed by atoms with Crippen molar-refractivity contribution in [3.63, 3.8) is 0 Å². The number of allylic oxidation sites excluding steroid dienone is 5. The van der Waals surface area contributed by atoms with Crippen LogP contribution in [0.5, 0.6) is 0 Å². The third kappa shape index (κ3) is 3.96. The predicted molar refractivity (Wildman–Crippen MR) is 109 cm³/mol. The number of rotatable bonds is 5. The molecule has 0 radical (unpaired) electrons. The number of anilines is 1. The maximum Gasteiger partial charge on any atom is 0.146 e. The van der Waals surface area contributed by atoms with Crippen LogP contribution in [0.4, 0.5) is 5.82 Å². The highest BCUT2D eigenvalue weighted by molar-refractivity contribution is 7.80. The molecule has 2 unspecified atom stereocenters. The van der Waals surface area contributed by atoms with Gasteiger partial charge in [-0.15, -0.1) is 12.6 Å². The lowest BCUT2D eigenvalue weighted by Gasteiger charge is -2.34. The lowest BCUT2D eigenvalue weighted by molar-refractivity contribution is -0.104. The number of thiol groups is 1. The number of hydrogen-bond acceptors (Lipinski definition) is 8. The van der Waals surface area contributed by atoms with Crippen LogP contribution in [0.25, 0.3) is 6.08 Å². The van der Waals surface area contributed by atoms with Crippen LogP contribution in [0.1, 0.15) is 18.4 Å². The second kappa shape index (κ2) is 8.49. The van der Waals surface area contributed by atoms with Crippen LogP contribution in [0.15, 0.2) is 40.4 Å². The Labute approximate surface area is 164 Å². The molecule has 7 nitrogen and oxygen atoms in total. The van der Waals surface area contributed by atoms with Crippen molar-refractivity contribution in [3.8, 4) is 0 Å². The number of aldehydes is 1. The van der Waals surface area contributed by atoms with Gasteiger partial charge < -0.3 is 15.5 Å². The Morgan fingerprint density at radius 1 is 1.37 bits per heavy atom. The van der Waals surface area contributed by atoms with Gasteiger partial charge in [-0.2, -0.15) is 5.10 Å². The van der Waals surface area contributed by atoms with Gasteiger partial charge in [-0.05, 0) is 19.1 Å². The minimum absolute atomic E-state index is 0.0845. The SMILES string of the molecule is CC1(c2nc(/C=C/C=O)c(S)c(N3CCOCC3)n2)C=CC=CC1/C=N\N. The third-order valence-electron chi connectivity index (χ3n) is 4.83. The van der Waals surface area contributed by atoms with E-state index in [2.05, 4.69) is 22.6 Å². The van der Waals surface area contributed by atoms with Gasteiger partial charge in [0.2, 0.25) is 0 Å². The standard InChI is InChI=1S/C19H23N5O2S/c1-19(7-3-2-5-14(19)13-21-20)18-22-15(6-4-10-25)16(27)17(23-18)24-8-11-26-12-9-24/h2-7,10,13-14,27H,8-9,11-12,20H2,1H3/b6-4+,21-13-. The fraction of sp³-hybridized carbons (Fsp3) is 0.368. The normalized spacial score (nSPS) is 25.6. The van der Waals surface area contributed by atoms with E-state index < -0.39 is 5.41 Å². The fourth-order valence-electron chi connectivity index (χ4n) is 3.21. The summed E-state index contributed by atoms with van der Waals surface area (Å²) in [5.74, 6) is 6.69. The fourth-order valence-corrected chi connectivity index (χ4v) is 3.53. The van der Waals surface area contributed by atoms with E-state index in [9.17, 15) is 4.79 Å². The lowest BCUT2D eigenvalue weighted by Crippen LogP contribution is -2.39. The number of hydrazone groups is 1. The Bertz CT molecular complexity index is 815. The quantitative estimate of drug-likeness (QED) is 0.200. The molecule has 1 aromatic rings. The molecule has 2 atom stereocenters. The summed E-state index contributed by atoms with van der Waals surface area (Å²) in [6, 6.07) is 0. The van der Waals surface area contributed by atoms with Crippen LogP contribution in [-0.4, -0.2) is 48.8 Å². The number of nitrogens with two attached hydrogens (primary N) is 1. The van der Waals surface area contributed by atoms with Crippen molar-refractivity contribution in [1.29, 1.82) is 0 Å². The van der Waals surface area contributed by atoms with Crippen molar-refractivity contribution < 1.29 is 9.53 Å². The second-order valence-electron chi connectivity index (χ2n) is 6.55. The third-order valence-corrected chi connectivity index (χ3v) is 5.26. The van der Waals surface area contributed by atoms with Crippen LogP contribution >= 0.6 is 12.6 Å². The number of aromatic nitrogens is 2. The van der Waals surface area contributed by atoms with Crippen LogP contribution in [-0.2, 0) is 14.9 Å². The highest BCUT2D eigenvalue weighted by Gasteiger charge is 2.37. The van der Waals surface area contributed by atoms with Gasteiger partial charge in [-0.25, -0.2) is 9.97 Å². The minimum atomic E-state index is -0.524. The Morgan fingerprint density at radius 3 is 2.85 bits per heavy atom. The molecule has 2 N–H and O–H groups in total. The van der Waals surface area contributed by atoms with Crippen LogP contribution in [0, 0.1) is 5.92 Å². The lowest BCUT2D eigenvalue weighted by atomic mass is 9.74. The van der Waals surface area contributed by atoms with Crippen molar-refractivity contribution in [3.05, 3.63) is 41.9 Å². The molecule has 1 aliphatic heterocycles. The molecule has 1 aliphatic carbocycles. The molecule has 1 fully saturated rings. The first kappa shape index (κ1) is 19.3. The monoisotopic (exact) mass is 385 g/mol. The molecule has 2 heterocycles. The molecule has 0 spiro atoms. The molecule has 3 rings (SSSR count). The molecule has 0 saturated carbocycles. The van der Waals surface area contributed by atoms with E-state index in [-0.39, 0.29) is 5.92 Å². The van der Waals surface area contributed by atoms with Crippen molar-refractivity contribution in [2.45, 2.75) is 17.2 Å². The van der Waals surface area contributed by atoms with Crippen molar-refractivity contribution >= 4 is 37.0 Å². The Morgan fingerprint density at radius 2 is 2.15 bits per heavy atom. The Balaban J connectivity index is 2.13. The number of ether oxygens (including phenoxy) is 1. The topological polar surface area (TPSA) is 93.7 Å². The van der Waals surface area contributed by atoms with Crippen molar-refractivity contribution in [1.82, 2.24) is 9.97 Å². The molecule has 0 amide bonds. The van der Waals surface area contributed by atoms with Gasteiger partial charge in [0.25, 0.3) is 0 Å². The van der Waals surface area contributed by atoms with Crippen LogP contribution in [0.3, 0.4) is 0 Å². The van der Waals surface area contributed by atoms with Crippen molar-refractivity contribution in [2.24, 2.45) is 16.9 Å². The molecule has 1 aromatic heterocycles. The van der Waals surface area contributed by atoms with E-state index >= 15 is 0 Å². The van der Waals surface area contributed by atoms with Gasteiger partial charge in [-0.3, -0.25) is 4.79 Å². The molecule has 1 saturated heterocycles. The predicted octanol–water partition coefficient (Wildman–Crippen LogP) is 1.76. The van der Waals surface area contributed by atoms with Gasteiger partial charge in [0.15, 0.2) is 0 Å². The molecule has 142 valence electrons. The van der Waals surface area contributed by atoms with E-state index in [0.717, 1.165) is 25.2 Å². The molecule has 8 heteroatoms. The van der Waals surface area contributed by atoms with E-state index in [0.29, 0.717) is 29.6 Å². The van der Waals surface area contributed by atoms with Crippen molar-refractivity contribution in [2.75, 3.05) is 31.2 Å². The highest BCUT2D eigenvalue weighted by Crippen LogP contribution is 2.37. The van der Waals surface area contributed by atoms with E-state index in [1.807, 2.05) is 31.2 Å². The highest BCUT2D eigenvalue weighted by atomic mass is 32.1. The molecule has 27 heavy (non-hydrogen) atoms. The van der Waals surface area contributed by atoms with Gasteiger partial charge in [-0.1, -0.05) is 24.3 Å². The minimum Gasteiger partial charge on any atom is -0.378 e. The molecule has 2 aliphatic rings. The Hall–Kier alpha value is -2.45. The number of nitrogens with zero attached hydrogens (tertiary/aromatic N) is 4. The molecule has 0 aromatic carbocycles. The summed E-state index contributed by atoms with van der Waals surface area (Å²) in [4.78, 5) is 23.2. The first-order valence-corrected chi connectivity index (χ1v) is 9.20. The summed E-state index contributed by atoms with van der Waals surface area (Å²) < 4.78 is 5.45. The molecular formula is C19H23N5O2S. The van der Waals surface area contributed by atoms with Gasteiger partial charge in [0, 0.05) is 25.2 Å². The number of morpholine rings is 1. The first-order chi connectivity index (χ1) is 13.1. The summed E-state index contributed by atoms with van der Waals surface area (Å²) >= 11 is 4.64. The largest absolute Gasteiger partial charge is 0.378 e. The van der Waals surface area contributed by atoms with E-state index in [4.69, 9.17) is 20.5 Å². The van der Waals surface area contributed by atoms with Gasteiger partial charge >= 0.3 is 0 Å². The number of hydrogen-bond donors (Lipinski definition) is 2. The zero-order valence-corrected chi connectivity index (χ0v) is 16.0. The summed E-state index contributed by atoms with van der Waals surface area (Å²) in [7, 11) is 0. The maximum atomic E-state index is 10.8. The van der Waals surface area contributed by atoms with E-state index in [1.54, 1.807) is 12.3 Å². The van der Waals surface area contributed by atoms with Gasteiger partial charge in [0.05, 0.1) is 29.2 Å².